The molecular formula is C12H9F3N2O3. The van der Waals surface area contributed by atoms with Gasteiger partial charge in [0, 0.05) is 11.8 Å². The highest BCUT2D eigenvalue weighted by Gasteiger charge is 2.35. The van der Waals surface area contributed by atoms with E-state index in [1.165, 1.54) is 6.07 Å². The molecule has 2 rings (SSSR count). The molecule has 0 radical (unpaired) electrons. The molecule has 0 spiro atoms. The highest BCUT2D eigenvalue weighted by Crippen LogP contribution is 2.34. The third kappa shape index (κ3) is 2.90. The lowest BCUT2D eigenvalue weighted by Crippen LogP contribution is -2.12. The van der Waals surface area contributed by atoms with Crippen LogP contribution >= 0.6 is 0 Å². The summed E-state index contributed by atoms with van der Waals surface area (Å²) in [6.45, 7) is 1.72. The second kappa shape index (κ2) is 4.87. The van der Waals surface area contributed by atoms with Gasteiger partial charge < -0.3 is 9.84 Å². The van der Waals surface area contributed by atoms with Crippen molar-refractivity contribution in [3.8, 4) is 11.6 Å². The fraction of sp³-hybridized carbons (Fsp3) is 0.167. The molecule has 0 atom stereocenters. The van der Waals surface area contributed by atoms with Gasteiger partial charge in [-0.2, -0.15) is 13.2 Å². The molecule has 1 aromatic heterocycles. The highest BCUT2D eigenvalue weighted by molar-refractivity contribution is 5.90. The predicted octanol–water partition coefficient (Wildman–Crippen LogP) is 3.23. The molecule has 106 valence electrons. The number of H-pyrrole nitrogens is 1. The number of carboxylic acid groups (broad SMARTS) is 1. The minimum absolute atomic E-state index is 0.0399. The van der Waals surface area contributed by atoms with Crippen molar-refractivity contribution >= 4 is 5.97 Å². The largest absolute Gasteiger partial charge is 0.478 e. The summed E-state index contributed by atoms with van der Waals surface area (Å²) in [6, 6.07) is 4.05. The molecule has 20 heavy (non-hydrogen) atoms. The molecule has 0 bridgehead atoms. The van der Waals surface area contributed by atoms with Gasteiger partial charge in [0.15, 0.2) is 0 Å². The lowest BCUT2D eigenvalue weighted by Gasteiger charge is -2.11. The molecule has 0 saturated carbocycles. The molecule has 0 aliphatic rings. The van der Waals surface area contributed by atoms with Gasteiger partial charge in [-0.25, -0.2) is 4.79 Å². The lowest BCUT2D eigenvalue weighted by atomic mass is 10.1. The minimum atomic E-state index is -4.74. The zero-order chi connectivity index (χ0) is 14.9. The van der Waals surface area contributed by atoms with Gasteiger partial charge in [-0.1, -0.05) is 0 Å². The van der Waals surface area contributed by atoms with E-state index in [0.29, 0.717) is 11.8 Å². The Morgan fingerprint density at radius 1 is 1.35 bits per heavy atom. The summed E-state index contributed by atoms with van der Waals surface area (Å²) in [7, 11) is 0. The van der Waals surface area contributed by atoms with E-state index in [9.17, 15) is 18.0 Å². The van der Waals surface area contributed by atoms with E-state index < -0.39 is 23.3 Å². The number of halogens is 3. The molecule has 0 unspecified atom stereocenters. The van der Waals surface area contributed by atoms with Crippen LogP contribution in [-0.4, -0.2) is 21.3 Å². The number of aromatic amines is 1. The van der Waals surface area contributed by atoms with E-state index in [2.05, 4.69) is 10.2 Å². The average Bonchev–Trinajstić information content (AvgIpc) is 2.73. The SMILES string of the molecule is Cc1cc(Oc2ccc(C(F)(F)F)c(C(=O)O)c2)n[nH]1. The highest BCUT2D eigenvalue weighted by atomic mass is 19.4. The van der Waals surface area contributed by atoms with Crippen LogP contribution in [-0.2, 0) is 6.18 Å². The summed E-state index contributed by atoms with van der Waals surface area (Å²) in [4.78, 5) is 10.9. The third-order valence-corrected chi connectivity index (χ3v) is 2.43. The van der Waals surface area contributed by atoms with Crippen LogP contribution in [0.4, 0.5) is 13.2 Å². The number of carboxylic acids is 1. The smallest absolute Gasteiger partial charge is 0.417 e. The summed E-state index contributed by atoms with van der Waals surface area (Å²) in [5.41, 5.74) is -1.40. The molecule has 0 saturated heterocycles. The van der Waals surface area contributed by atoms with Crippen molar-refractivity contribution in [1.29, 1.82) is 0 Å². The number of hydrogen-bond donors (Lipinski definition) is 2. The Morgan fingerprint density at radius 3 is 2.55 bits per heavy atom. The predicted molar refractivity (Wildman–Crippen MR) is 61.8 cm³/mol. The summed E-state index contributed by atoms with van der Waals surface area (Å²) in [6.07, 6.45) is -4.74. The second-order valence-corrected chi connectivity index (χ2v) is 4.00. The number of carbonyl (C=O) groups is 1. The number of rotatable bonds is 3. The molecule has 2 aromatic rings. The first-order chi connectivity index (χ1) is 9.27. The Kier molecular flexibility index (Phi) is 3.39. The van der Waals surface area contributed by atoms with Crippen LogP contribution in [0.2, 0.25) is 0 Å². The summed E-state index contributed by atoms with van der Waals surface area (Å²) >= 11 is 0. The molecule has 0 fully saturated rings. The van der Waals surface area contributed by atoms with Crippen LogP contribution in [0.1, 0.15) is 21.6 Å². The Labute approximate surface area is 111 Å². The Bertz CT molecular complexity index is 650. The number of hydrogen-bond acceptors (Lipinski definition) is 3. The van der Waals surface area contributed by atoms with Crippen LogP contribution in [0.5, 0.6) is 11.6 Å². The number of nitrogens with zero attached hydrogens (tertiary/aromatic N) is 1. The van der Waals surface area contributed by atoms with E-state index >= 15 is 0 Å². The molecule has 1 aromatic carbocycles. The van der Waals surface area contributed by atoms with Crippen LogP contribution in [0.25, 0.3) is 0 Å². The van der Waals surface area contributed by atoms with Crippen molar-refractivity contribution in [3.63, 3.8) is 0 Å². The molecule has 8 heteroatoms. The van der Waals surface area contributed by atoms with E-state index in [4.69, 9.17) is 9.84 Å². The molecule has 1 heterocycles. The maximum absolute atomic E-state index is 12.6. The summed E-state index contributed by atoms with van der Waals surface area (Å²) in [5.74, 6) is -1.58. The summed E-state index contributed by atoms with van der Waals surface area (Å²) in [5, 5.41) is 15.2. The van der Waals surface area contributed by atoms with E-state index in [1.807, 2.05) is 0 Å². The van der Waals surface area contributed by atoms with Gasteiger partial charge in [0.1, 0.15) is 5.75 Å². The van der Waals surface area contributed by atoms with Gasteiger partial charge >= 0.3 is 12.1 Å². The normalized spacial score (nSPS) is 11.4. The molecule has 0 amide bonds. The number of aromatic carboxylic acids is 1. The molecule has 2 N–H and O–H groups in total. The van der Waals surface area contributed by atoms with Crippen LogP contribution in [0.3, 0.4) is 0 Å². The van der Waals surface area contributed by atoms with Crippen molar-refractivity contribution in [2.75, 3.05) is 0 Å². The van der Waals surface area contributed by atoms with Gasteiger partial charge in [-0.15, -0.1) is 5.10 Å². The van der Waals surface area contributed by atoms with Gasteiger partial charge in [-0.3, -0.25) is 5.10 Å². The second-order valence-electron chi connectivity index (χ2n) is 4.00. The molecule has 0 aliphatic heterocycles. The van der Waals surface area contributed by atoms with Gasteiger partial charge in [-0.05, 0) is 25.1 Å². The van der Waals surface area contributed by atoms with E-state index in [-0.39, 0.29) is 11.6 Å². The lowest BCUT2D eigenvalue weighted by molar-refractivity contribution is -0.138. The monoisotopic (exact) mass is 286 g/mol. The topological polar surface area (TPSA) is 75.2 Å². The van der Waals surface area contributed by atoms with Crippen molar-refractivity contribution in [1.82, 2.24) is 10.2 Å². The number of aryl methyl sites for hydroxylation is 1. The van der Waals surface area contributed by atoms with Crippen molar-refractivity contribution in [3.05, 3.63) is 41.1 Å². The van der Waals surface area contributed by atoms with Gasteiger partial charge in [0.05, 0.1) is 11.1 Å². The standard InChI is InChI=1S/C12H9F3N2O3/c1-6-4-10(17-16-6)20-7-2-3-9(12(13,14)15)8(5-7)11(18)19/h2-5H,1H3,(H,16,17)(H,18,19). The zero-order valence-electron chi connectivity index (χ0n) is 10.2. The fourth-order valence-electron chi connectivity index (χ4n) is 1.58. The van der Waals surface area contributed by atoms with Crippen molar-refractivity contribution in [2.45, 2.75) is 13.1 Å². The molecule has 0 aliphatic carbocycles. The van der Waals surface area contributed by atoms with E-state index in [1.54, 1.807) is 6.92 Å². The van der Waals surface area contributed by atoms with Crippen molar-refractivity contribution < 1.29 is 27.8 Å². The van der Waals surface area contributed by atoms with Crippen molar-refractivity contribution in [2.24, 2.45) is 0 Å². The summed E-state index contributed by atoms with van der Waals surface area (Å²) < 4.78 is 43.1. The number of alkyl halides is 3. The number of aromatic nitrogens is 2. The Balaban J connectivity index is 2.38. The maximum atomic E-state index is 12.6. The van der Waals surface area contributed by atoms with Gasteiger partial charge in [0.2, 0.25) is 5.88 Å². The van der Waals surface area contributed by atoms with Crippen LogP contribution in [0, 0.1) is 6.92 Å². The average molecular weight is 286 g/mol. The van der Waals surface area contributed by atoms with Crippen LogP contribution < -0.4 is 4.74 Å². The number of ether oxygens (including phenoxy) is 1. The van der Waals surface area contributed by atoms with E-state index in [0.717, 1.165) is 12.1 Å². The third-order valence-electron chi connectivity index (χ3n) is 2.43. The Morgan fingerprint density at radius 2 is 2.05 bits per heavy atom. The zero-order valence-corrected chi connectivity index (χ0v) is 10.2. The molecular weight excluding hydrogens is 277 g/mol. The first-order valence-corrected chi connectivity index (χ1v) is 5.42. The number of nitrogens with one attached hydrogen (secondary N) is 1. The molecule has 5 nitrogen and oxygen atoms in total. The van der Waals surface area contributed by atoms with Gasteiger partial charge in [0.25, 0.3) is 0 Å². The maximum Gasteiger partial charge on any atom is 0.417 e. The fourth-order valence-corrected chi connectivity index (χ4v) is 1.58. The number of benzene rings is 1. The van der Waals surface area contributed by atoms with Crippen LogP contribution in [0.15, 0.2) is 24.3 Å². The first-order valence-electron chi connectivity index (χ1n) is 5.42. The first kappa shape index (κ1) is 13.9. The minimum Gasteiger partial charge on any atom is -0.478 e. The quantitative estimate of drug-likeness (QED) is 0.908. The Hall–Kier alpha value is -2.51.